The molecule has 1 saturated heterocycles. The Morgan fingerprint density at radius 3 is 2.45 bits per heavy atom. The minimum Gasteiger partial charge on any atom is -0.338 e. The van der Waals surface area contributed by atoms with Crippen LogP contribution in [0.1, 0.15) is 28.3 Å². The van der Waals surface area contributed by atoms with Crippen LogP contribution in [0.15, 0.2) is 59.5 Å². The summed E-state index contributed by atoms with van der Waals surface area (Å²) in [5.41, 5.74) is 2.07. The molecular formula is C17H17NOS. The maximum absolute atomic E-state index is 12.4. The van der Waals surface area contributed by atoms with Crippen molar-refractivity contribution in [1.82, 2.24) is 4.90 Å². The standard InChI is InChI=1S/C17H17NOS/c19-17(14-6-8-16(20)9-7-14)18-11-10-15(12-18)13-4-2-1-3-5-13/h1-9,15,20H,10-12H2. The number of hydrogen-bond donors (Lipinski definition) is 1. The van der Waals surface area contributed by atoms with Crippen molar-refractivity contribution in [2.24, 2.45) is 0 Å². The van der Waals surface area contributed by atoms with E-state index < -0.39 is 0 Å². The third-order valence-electron chi connectivity index (χ3n) is 3.86. The smallest absolute Gasteiger partial charge is 0.253 e. The Balaban J connectivity index is 1.71. The van der Waals surface area contributed by atoms with E-state index in [2.05, 4.69) is 36.9 Å². The minimum atomic E-state index is 0.122. The lowest BCUT2D eigenvalue weighted by molar-refractivity contribution is 0.0790. The molecule has 3 rings (SSSR count). The molecule has 2 nitrogen and oxygen atoms in total. The minimum absolute atomic E-state index is 0.122. The highest BCUT2D eigenvalue weighted by atomic mass is 32.1. The molecule has 1 aliphatic heterocycles. The monoisotopic (exact) mass is 283 g/mol. The van der Waals surface area contributed by atoms with E-state index in [1.165, 1.54) is 5.56 Å². The van der Waals surface area contributed by atoms with E-state index in [9.17, 15) is 4.79 Å². The van der Waals surface area contributed by atoms with Gasteiger partial charge in [0.2, 0.25) is 0 Å². The largest absolute Gasteiger partial charge is 0.338 e. The van der Waals surface area contributed by atoms with Gasteiger partial charge in [-0.2, -0.15) is 0 Å². The molecule has 2 aromatic rings. The van der Waals surface area contributed by atoms with Crippen LogP contribution in [0.2, 0.25) is 0 Å². The van der Waals surface area contributed by atoms with E-state index in [0.717, 1.165) is 30.0 Å². The van der Waals surface area contributed by atoms with Crippen molar-refractivity contribution in [3.8, 4) is 0 Å². The fourth-order valence-electron chi connectivity index (χ4n) is 2.73. The summed E-state index contributed by atoms with van der Waals surface area (Å²) >= 11 is 4.25. The second-order valence-corrected chi connectivity index (χ2v) is 5.71. The van der Waals surface area contributed by atoms with Crippen molar-refractivity contribution in [3.63, 3.8) is 0 Å². The number of thiol groups is 1. The maximum Gasteiger partial charge on any atom is 0.253 e. The lowest BCUT2D eigenvalue weighted by Gasteiger charge is -2.17. The number of amides is 1. The molecule has 3 heteroatoms. The van der Waals surface area contributed by atoms with Crippen LogP contribution in [0.3, 0.4) is 0 Å². The Morgan fingerprint density at radius 1 is 1.05 bits per heavy atom. The first-order chi connectivity index (χ1) is 9.74. The Kier molecular flexibility index (Phi) is 3.79. The van der Waals surface area contributed by atoms with Crippen molar-refractivity contribution in [2.75, 3.05) is 13.1 Å². The average Bonchev–Trinajstić information content (AvgIpc) is 2.98. The van der Waals surface area contributed by atoms with E-state index in [1.807, 2.05) is 35.2 Å². The summed E-state index contributed by atoms with van der Waals surface area (Å²) in [6, 6.07) is 17.9. The lowest BCUT2D eigenvalue weighted by atomic mass is 9.99. The molecule has 1 heterocycles. The second kappa shape index (κ2) is 5.71. The Morgan fingerprint density at radius 2 is 1.75 bits per heavy atom. The fourth-order valence-corrected chi connectivity index (χ4v) is 2.88. The van der Waals surface area contributed by atoms with Gasteiger partial charge in [-0.1, -0.05) is 30.3 Å². The molecule has 0 aromatic heterocycles. The highest BCUT2D eigenvalue weighted by molar-refractivity contribution is 7.80. The van der Waals surface area contributed by atoms with Gasteiger partial charge in [0.1, 0.15) is 0 Å². The summed E-state index contributed by atoms with van der Waals surface area (Å²) in [7, 11) is 0. The van der Waals surface area contributed by atoms with Crippen LogP contribution >= 0.6 is 12.6 Å². The van der Waals surface area contributed by atoms with Gasteiger partial charge in [0.15, 0.2) is 0 Å². The van der Waals surface area contributed by atoms with Crippen molar-refractivity contribution in [3.05, 3.63) is 65.7 Å². The molecule has 102 valence electrons. The quantitative estimate of drug-likeness (QED) is 0.835. The summed E-state index contributed by atoms with van der Waals surface area (Å²) < 4.78 is 0. The fraction of sp³-hybridized carbons (Fsp3) is 0.235. The highest BCUT2D eigenvalue weighted by Crippen LogP contribution is 2.28. The van der Waals surface area contributed by atoms with Crippen LogP contribution in [-0.4, -0.2) is 23.9 Å². The van der Waals surface area contributed by atoms with Crippen LogP contribution in [-0.2, 0) is 0 Å². The van der Waals surface area contributed by atoms with Crippen LogP contribution in [0, 0.1) is 0 Å². The zero-order valence-corrected chi connectivity index (χ0v) is 12.1. The lowest BCUT2D eigenvalue weighted by Crippen LogP contribution is -2.28. The third-order valence-corrected chi connectivity index (χ3v) is 4.16. The molecule has 0 aliphatic carbocycles. The number of rotatable bonds is 2. The molecule has 1 fully saturated rings. The van der Waals surface area contributed by atoms with Crippen LogP contribution in [0.4, 0.5) is 0 Å². The number of nitrogens with zero attached hydrogens (tertiary/aromatic N) is 1. The van der Waals surface area contributed by atoms with Gasteiger partial charge in [-0.25, -0.2) is 0 Å². The summed E-state index contributed by atoms with van der Waals surface area (Å²) in [4.78, 5) is 15.3. The number of hydrogen-bond acceptors (Lipinski definition) is 2. The number of carbonyl (C=O) groups excluding carboxylic acids is 1. The Labute approximate surface area is 124 Å². The van der Waals surface area contributed by atoms with E-state index in [4.69, 9.17) is 0 Å². The van der Waals surface area contributed by atoms with Crippen molar-refractivity contribution in [2.45, 2.75) is 17.2 Å². The molecule has 0 saturated carbocycles. The normalized spacial score (nSPS) is 18.2. The van der Waals surface area contributed by atoms with Gasteiger partial charge in [0, 0.05) is 29.5 Å². The number of likely N-dealkylation sites (tertiary alicyclic amines) is 1. The molecular weight excluding hydrogens is 266 g/mol. The number of benzene rings is 2. The van der Waals surface area contributed by atoms with Gasteiger partial charge in [-0.15, -0.1) is 12.6 Å². The van der Waals surface area contributed by atoms with Gasteiger partial charge in [0.25, 0.3) is 5.91 Å². The SMILES string of the molecule is O=C(c1ccc(S)cc1)N1CCC(c2ccccc2)C1. The second-order valence-electron chi connectivity index (χ2n) is 5.19. The first-order valence-corrected chi connectivity index (χ1v) is 7.32. The Hall–Kier alpha value is -1.74. The summed E-state index contributed by atoms with van der Waals surface area (Å²) in [5.74, 6) is 0.584. The zero-order chi connectivity index (χ0) is 13.9. The average molecular weight is 283 g/mol. The van der Waals surface area contributed by atoms with Crippen molar-refractivity contribution < 1.29 is 4.79 Å². The van der Waals surface area contributed by atoms with Crippen molar-refractivity contribution >= 4 is 18.5 Å². The van der Waals surface area contributed by atoms with Crippen LogP contribution < -0.4 is 0 Å². The van der Waals surface area contributed by atoms with Gasteiger partial charge in [-0.05, 0) is 36.2 Å². The molecule has 1 atom stereocenters. The molecule has 1 amide bonds. The third kappa shape index (κ3) is 2.73. The Bertz CT molecular complexity index is 594. The van der Waals surface area contributed by atoms with Gasteiger partial charge < -0.3 is 4.90 Å². The molecule has 0 N–H and O–H groups in total. The predicted octanol–water partition coefficient (Wildman–Crippen LogP) is 3.61. The van der Waals surface area contributed by atoms with Crippen LogP contribution in [0.5, 0.6) is 0 Å². The first kappa shape index (κ1) is 13.3. The van der Waals surface area contributed by atoms with E-state index in [-0.39, 0.29) is 5.91 Å². The van der Waals surface area contributed by atoms with E-state index in [0.29, 0.717) is 5.92 Å². The topological polar surface area (TPSA) is 20.3 Å². The van der Waals surface area contributed by atoms with Crippen molar-refractivity contribution in [1.29, 1.82) is 0 Å². The molecule has 0 bridgehead atoms. The summed E-state index contributed by atoms with van der Waals surface area (Å²) in [6.45, 7) is 1.65. The maximum atomic E-state index is 12.4. The van der Waals surface area contributed by atoms with E-state index >= 15 is 0 Å². The molecule has 0 radical (unpaired) electrons. The highest BCUT2D eigenvalue weighted by Gasteiger charge is 2.27. The van der Waals surface area contributed by atoms with E-state index in [1.54, 1.807) is 0 Å². The van der Waals surface area contributed by atoms with Gasteiger partial charge >= 0.3 is 0 Å². The molecule has 2 aromatic carbocycles. The van der Waals surface area contributed by atoms with Gasteiger partial charge in [-0.3, -0.25) is 4.79 Å². The predicted molar refractivity (Wildman–Crippen MR) is 83.4 cm³/mol. The molecule has 1 aliphatic rings. The first-order valence-electron chi connectivity index (χ1n) is 6.87. The van der Waals surface area contributed by atoms with Gasteiger partial charge in [0.05, 0.1) is 0 Å². The zero-order valence-electron chi connectivity index (χ0n) is 11.2. The molecule has 0 spiro atoms. The summed E-state index contributed by atoms with van der Waals surface area (Å²) in [6.07, 6.45) is 1.04. The molecule has 20 heavy (non-hydrogen) atoms. The van der Waals surface area contributed by atoms with Crippen LogP contribution in [0.25, 0.3) is 0 Å². The summed E-state index contributed by atoms with van der Waals surface area (Å²) in [5, 5.41) is 0. The molecule has 1 unspecified atom stereocenters. The number of carbonyl (C=O) groups is 1.